The molecule has 1 rings (SSSR count). The number of halogens is 3. The summed E-state index contributed by atoms with van der Waals surface area (Å²) in [4.78, 5) is 0. The Balaban J connectivity index is 3.01. The molecule has 0 nitrogen and oxygen atoms in total. The summed E-state index contributed by atoms with van der Waals surface area (Å²) in [6.07, 6.45) is 2.09. The van der Waals surface area contributed by atoms with E-state index in [1.54, 1.807) is 0 Å². The average Bonchev–Trinajstić information content (AvgIpc) is 2.19. The summed E-state index contributed by atoms with van der Waals surface area (Å²) < 4.78 is 0.915. The highest BCUT2D eigenvalue weighted by molar-refractivity contribution is 9.10. The lowest BCUT2D eigenvalue weighted by Gasteiger charge is -2.08. The molecule has 0 aromatic heterocycles. The molecule has 0 unspecified atom stereocenters. The second-order valence-corrected chi connectivity index (χ2v) is 5.21. The Kier molecular flexibility index (Phi) is 5.17. The van der Waals surface area contributed by atoms with E-state index in [1.165, 1.54) is 5.57 Å². The molecule has 15 heavy (non-hydrogen) atoms. The Morgan fingerprint density at radius 1 is 1.47 bits per heavy atom. The number of hydrogen-bond acceptors (Lipinski definition) is 0. The Hall–Kier alpha value is 0.0200. The monoisotopic (exact) mass is 306 g/mol. The van der Waals surface area contributed by atoms with Crippen LogP contribution in [0.15, 0.2) is 28.2 Å². The molecule has 0 fully saturated rings. The van der Waals surface area contributed by atoms with Gasteiger partial charge in [0.15, 0.2) is 0 Å². The van der Waals surface area contributed by atoms with Crippen LogP contribution >= 0.6 is 39.1 Å². The maximum atomic E-state index is 6.01. The summed E-state index contributed by atoms with van der Waals surface area (Å²) in [5, 5.41) is 0.724. The van der Waals surface area contributed by atoms with Gasteiger partial charge in [0.2, 0.25) is 0 Å². The van der Waals surface area contributed by atoms with Gasteiger partial charge in [-0.3, -0.25) is 0 Å². The van der Waals surface area contributed by atoms with Crippen LogP contribution in [0.3, 0.4) is 0 Å². The fourth-order valence-electron chi connectivity index (χ4n) is 1.18. The zero-order valence-electron chi connectivity index (χ0n) is 8.73. The van der Waals surface area contributed by atoms with Crippen LogP contribution in [0.4, 0.5) is 0 Å². The fraction of sp³-hybridized carbons (Fsp3) is 0.333. The van der Waals surface area contributed by atoms with Gasteiger partial charge in [-0.25, -0.2) is 0 Å². The molecule has 0 aliphatic heterocycles. The summed E-state index contributed by atoms with van der Waals surface area (Å²) in [5.41, 5.74) is 2.31. The molecule has 3 heteroatoms. The summed E-state index contributed by atoms with van der Waals surface area (Å²) in [5.74, 6) is 1.02. The van der Waals surface area contributed by atoms with E-state index in [-0.39, 0.29) is 0 Å². The average molecular weight is 308 g/mol. The Morgan fingerprint density at radius 2 is 2.13 bits per heavy atom. The normalized spacial score (nSPS) is 12.3. The van der Waals surface area contributed by atoms with Gasteiger partial charge in [-0.1, -0.05) is 43.2 Å². The highest BCUT2D eigenvalue weighted by Crippen LogP contribution is 2.25. The van der Waals surface area contributed by atoms with Gasteiger partial charge in [-0.2, -0.15) is 0 Å². The molecular weight excluding hydrogens is 295 g/mol. The molecule has 1 aromatic rings. The first-order chi connectivity index (χ1) is 7.04. The molecule has 0 radical (unpaired) electrons. The van der Waals surface area contributed by atoms with Crippen LogP contribution in [0, 0.1) is 5.92 Å². The van der Waals surface area contributed by atoms with Crippen LogP contribution in [0.5, 0.6) is 0 Å². The first-order valence-electron chi connectivity index (χ1n) is 4.76. The van der Waals surface area contributed by atoms with Gasteiger partial charge >= 0.3 is 0 Å². The zero-order valence-corrected chi connectivity index (χ0v) is 11.8. The van der Waals surface area contributed by atoms with E-state index in [1.807, 2.05) is 18.2 Å². The SMILES string of the molecule is CC(C)/C(=C/c1ccc(Br)c(Cl)c1)CCl. The number of allylic oxidation sites excluding steroid dienone is 1. The molecule has 0 bridgehead atoms. The third-order valence-electron chi connectivity index (χ3n) is 2.19. The zero-order chi connectivity index (χ0) is 11.4. The van der Waals surface area contributed by atoms with Gasteiger partial charge in [0.05, 0.1) is 5.02 Å². The first kappa shape index (κ1) is 13.1. The van der Waals surface area contributed by atoms with E-state index in [0.29, 0.717) is 11.8 Å². The third kappa shape index (κ3) is 3.82. The maximum Gasteiger partial charge on any atom is 0.0554 e. The molecule has 1 aromatic carbocycles. The van der Waals surface area contributed by atoms with Crippen molar-refractivity contribution in [2.45, 2.75) is 13.8 Å². The molecule has 0 N–H and O–H groups in total. The van der Waals surface area contributed by atoms with Crippen molar-refractivity contribution in [3.63, 3.8) is 0 Å². The van der Waals surface area contributed by atoms with Crippen molar-refractivity contribution < 1.29 is 0 Å². The van der Waals surface area contributed by atoms with Crippen molar-refractivity contribution in [2.24, 2.45) is 5.92 Å². The molecule has 0 amide bonds. The maximum absolute atomic E-state index is 6.01. The van der Waals surface area contributed by atoms with Gasteiger partial charge in [-0.15, -0.1) is 11.6 Å². The molecule has 0 saturated heterocycles. The van der Waals surface area contributed by atoms with Crippen LogP contribution < -0.4 is 0 Å². The molecule has 0 heterocycles. The van der Waals surface area contributed by atoms with Gasteiger partial charge < -0.3 is 0 Å². The van der Waals surface area contributed by atoms with Crippen LogP contribution in [-0.2, 0) is 0 Å². The summed E-state index contributed by atoms with van der Waals surface area (Å²) in [6, 6.07) is 5.89. The van der Waals surface area contributed by atoms with Crippen molar-refractivity contribution in [1.82, 2.24) is 0 Å². The summed E-state index contributed by atoms with van der Waals surface area (Å²) >= 11 is 15.2. The lowest BCUT2D eigenvalue weighted by atomic mass is 10.0. The fourth-order valence-corrected chi connectivity index (χ4v) is 2.00. The molecule has 0 atom stereocenters. The van der Waals surface area contributed by atoms with Gasteiger partial charge in [0.1, 0.15) is 0 Å². The molecule has 0 spiro atoms. The van der Waals surface area contributed by atoms with E-state index in [9.17, 15) is 0 Å². The Labute approximate surface area is 109 Å². The number of alkyl halides is 1. The van der Waals surface area contributed by atoms with Gasteiger partial charge in [0.25, 0.3) is 0 Å². The quantitative estimate of drug-likeness (QED) is 0.658. The summed E-state index contributed by atoms with van der Waals surface area (Å²) in [6.45, 7) is 4.27. The lowest BCUT2D eigenvalue weighted by molar-refractivity contribution is 0.778. The van der Waals surface area contributed by atoms with Crippen molar-refractivity contribution in [2.75, 3.05) is 5.88 Å². The molecule has 0 aliphatic rings. The molecule has 0 aliphatic carbocycles. The highest BCUT2D eigenvalue weighted by atomic mass is 79.9. The molecule has 82 valence electrons. The standard InChI is InChI=1S/C12H13BrCl2/c1-8(2)10(7-14)5-9-3-4-11(13)12(15)6-9/h3-6,8H,7H2,1-2H3/b10-5+. The van der Waals surface area contributed by atoms with E-state index in [0.717, 1.165) is 15.1 Å². The van der Waals surface area contributed by atoms with Crippen LogP contribution in [-0.4, -0.2) is 5.88 Å². The molecular formula is C12H13BrCl2. The van der Waals surface area contributed by atoms with E-state index < -0.39 is 0 Å². The predicted molar refractivity (Wildman–Crippen MR) is 72.7 cm³/mol. The van der Waals surface area contributed by atoms with Crippen molar-refractivity contribution in [1.29, 1.82) is 0 Å². The van der Waals surface area contributed by atoms with Crippen molar-refractivity contribution in [3.8, 4) is 0 Å². The first-order valence-corrected chi connectivity index (χ1v) is 6.46. The minimum absolute atomic E-state index is 0.463. The minimum atomic E-state index is 0.463. The number of benzene rings is 1. The number of rotatable bonds is 3. The smallest absolute Gasteiger partial charge is 0.0554 e. The Bertz CT molecular complexity index is 370. The van der Waals surface area contributed by atoms with Crippen molar-refractivity contribution >= 4 is 45.2 Å². The van der Waals surface area contributed by atoms with Crippen LogP contribution in [0.1, 0.15) is 19.4 Å². The lowest BCUT2D eigenvalue weighted by Crippen LogP contribution is -1.95. The Morgan fingerprint density at radius 3 is 2.60 bits per heavy atom. The number of hydrogen-bond donors (Lipinski definition) is 0. The third-order valence-corrected chi connectivity index (χ3v) is 3.73. The van der Waals surface area contributed by atoms with E-state index in [2.05, 4.69) is 35.9 Å². The largest absolute Gasteiger partial charge is 0.122 e. The minimum Gasteiger partial charge on any atom is -0.122 e. The topological polar surface area (TPSA) is 0 Å². The van der Waals surface area contributed by atoms with Crippen LogP contribution in [0.2, 0.25) is 5.02 Å². The second kappa shape index (κ2) is 5.93. The van der Waals surface area contributed by atoms with E-state index in [4.69, 9.17) is 23.2 Å². The van der Waals surface area contributed by atoms with Crippen molar-refractivity contribution in [3.05, 3.63) is 38.8 Å². The highest BCUT2D eigenvalue weighted by Gasteiger charge is 2.03. The summed E-state index contributed by atoms with van der Waals surface area (Å²) in [7, 11) is 0. The predicted octanol–water partition coefficient (Wildman–Crippen LogP) is 5.38. The van der Waals surface area contributed by atoms with Gasteiger partial charge in [0, 0.05) is 10.4 Å². The van der Waals surface area contributed by atoms with Gasteiger partial charge in [-0.05, 0) is 39.5 Å². The molecule has 0 saturated carbocycles. The van der Waals surface area contributed by atoms with E-state index >= 15 is 0 Å². The van der Waals surface area contributed by atoms with Crippen LogP contribution in [0.25, 0.3) is 6.08 Å². The second-order valence-electron chi connectivity index (χ2n) is 3.68.